The molecule has 0 saturated carbocycles. The van der Waals surface area contributed by atoms with E-state index in [9.17, 15) is 5.26 Å². The van der Waals surface area contributed by atoms with Gasteiger partial charge in [-0.2, -0.15) is 5.26 Å². The van der Waals surface area contributed by atoms with E-state index in [1.165, 1.54) is 0 Å². The molecule has 2 aromatic rings. The Bertz CT molecular complexity index is 688. The smallest absolute Gasteiger partial charge is 0.137 e. The quantitative estimate of drug-likeness (QED) is 0.839. The molecule has 1 aliphatic heterocycles. The van der Waals surface area contributed by atoms with Gasteiger partial charge in [0, 0.05) is 30.5 Å². The molecule has 2 heterocycles. The third kappa shape index (κ3) is 2.79. The number of nitrogens with zero attached hydrogens (tertiary/aromatic N) is 5. The van der Waals surface area contributed by atoms with Crippen molar-refractivity contribution in [1.82, 2.24) is 14.8 Å². The minimum Gasteiger partial charge on any atom is -0.370 e. The summed E-state index contributed by atoms with van der Waals surface area (Å²) >= 11 is 3.42. The van der Waals surface area contributed by atoms with Crippen molar-refractivity contribution in [2.45, 2.75) is 18.8 Å². The first kappa shape index (κ1) is 14.1. The minimum absolute atomic E-state index is 0.362. The van der Waals surface area contributed by atoms with Crippen LogP contribution in [-0.2, 0) is 7.05 Å². The highest BCUT2D eigenvalue weighted by Crippen LogP contribution is 2.31. The summed E-state index contributed by atoms with van der Waals surface area (Å²) in [6, 6.07) is 8.17. The molecule has 1 aromatic heterocycles. The van der Waals surface area contributed by atoms with Gasteiger partial charge in [-0.25, -0.2) is 0 Å². The number of benzene rings is 1. The Morgan fingerprint density at radius 2 is 2.29 bits per heavy atom. The van der Waals surface area contributed by atoms with E-state index in [0.717, 1.165) is 41.9 Å². The van der Waals surface area contributed by atoms with Crippen LogP contribution >= 0.6 is 15.9 Å². The maximum atomic E-state index is 9.34. The summed E-state index contributed by atoms with van der Waals surface area (Å²) in [4.78, 5) is 2.29. The van der Waals surface area contributed by atoms with Crippen molar-refractivity contribution in [2.24, 2.45) is 7.05 Å². The van der Waals surface area contributed by atoms with E-state index in [4.69, 9.17) is 0 Å². The van der Waals surface area contributed by atoms with E-state index in [0.29, 0.717) is 11.5 Å². The Morgan fingerprint density at radius 3 is 3.00 bits per heavy atom. The molecule has 0 bridgehead atoms. The molecular weight excluding hydrogens is 330 g/mol. The predicted molar refractivity (Wildman–Crippen MR) is 84.0 cm³/mol. The van der Waals surface area contributed by atoms with Gasteiger partial charge >= 0.3 is 0 Å². The lowest BCUT2D eigenvalue weighted by Crippen LogP contribution is -2.35. The Morgan fingerprint density at radius 1 is 1.43 bits per heavy atom. The second-order valence-corrected chi connectivity index (χ2v) is 6.27. The molecule has 5 nitrogen and oxygen atoms in total. The molecule has 1 aliphatic rings. The second-order valence-electron chi connectivity index (χ2n) is 5.36. The first-order valence-corrected chi connectivity index (χ1v) is 7.77. The summed E-state index contributed by atoms with van der Waals surface area (Å²) in [5.41, 5.74) is 1.72. The van der Waals surface area contributed by atoms with Crippen molar-refractivity contribution in [3.63, 3.8) is 0 Å². The number of piperidine rings is 1. The Kier molecular flexibility index (Phi) is 3.93. The highest BCUT2D eigenvalue weighted by Gasteiger charge is 2.26. The molecule has 0 amide bonds. The monoisotopic (exact) mass is 345 g/mol. The average molecular weight is 346 g/mol. The normalized spacial score (nSPS) is 18.5. The van der Waals surface area contributed by atoms with E-state index in [2.05, 4.69) is 37.1 Å². The molecule has 1 aromatic carbocycles. The fraction of sp³-hybridized carbons (Fsp3) is 0.400. The highest BCUT2D eigenvalue weighted by atomic mass is 79.9. The third-order valence-electron chi connectivity index (χ3n) is 3.95. The van der Waals surface area contributed by atoms with Crippen LogP contribution in [0.3, 0.4) is 0 Å². The summed E-state index contributed by atoms with van der Waals surface area (Å²) in [5, 5.41) is 17.6. The van der Waals surface area contributed by atoms with Crippen molar-refractivity contribution in [2.75, 3.05) is 18.0 Å². The number of anilines is 1. The van der Waals surface area contributed by atoms with Crippen LogP contribution in [0.2, 0.25) is 0 Å². The van der Waals surface area contributed by atoms with Crippen molar-refractivity contribution in [3.8, 4) is 6.07 Å². The predicted octanol–water partition coefficient (Wildman–Crippen LogP) is 2.83. The number of aryl methyl sites for hydroxylation is 1. The SMILES string of the molecule is Cn1cnnc1[C@H]1CCCN(c2ccc(Br)cc2C#N)C1. The first-order valence-electron chi connectivity index (χ1n) is 6.97. The average Bonchev–Trinajstić information content (AvgIpc) is 2.93. The van der Waals surface area contributed by atoms with Crippen LogP contribution in [0.5, 0.6) is 0 Å². The molecule has 0 unspecified atom stereocenters. The van der Waals surface area contributed by atoms with Crippen molar-refractivity contribution >= 4 is 21.6 Å². The van der Waals surface area contributed by atoms with Crippen molar-refractivity contribution in [3.05, 3.63) is 40.4 Å². The summed E-state index contributed by atoms with van der Waals surface area (Å²) in [6.07, 6.45) is 3.95. The third-order valence-corrected chi connectivity index (χ3v) is 4.45. The molecule has 1 fully saturated rings. The number of halogens is 1. The van der Waals surface area contributed by atoms with Gasteiger partial charge in [0.15, 0.2) is 0 Å². The molecule has 0 spiro atoms. The summed E-state index contributed by atoms with van der Waals surface area (Å²) in [6.45, 7) is 1.85. The molecule has 3 rings (SSSR count). The van der Waals surface area contributed by atoms with Gasteiger partial charge in [0.1, 0.15) is 18.2 Å². The van der Waals surface area contributed by atoms with Crippen LogP contribution in [-0.4, -0.2) is 27.9 Å². The van der Waals surface area contributed by atoms with Crippen LogP contribution in [0.1, 0.15) is 30.1 Å². The van der Waals surface area contributed by atoms with Crippen LogP contribution in [0, 0.1) is 11.3 Å². The van der Waals surface area contributed by atoms with Crippen molar-refractivity contribution in [1.29, 1.82) is 5.26 Å². The molecule has 6 heteroatoms. The second kappa shape index (κ2) is 5.86. The Labute approximate surface area is 132 Å². The number of aromatic nitrogens is 3. The maximum absolute atomic E-state index is 9.34. The van der Waals surface area contributed by atoms with Crippen molar-refractivity contribution < 1.29 is 0 Å². The Hall–Kier alpha value is -1.87. The molecule has 0 radical (unpaired) electrons. The lowest BCUT2D eigenvalue weighted by molar-refractivity contribution is 0.480. The number of nitriles is 1. The van der Waals surface area contributed by atoms with E-state index in [1.807, 2.05) is 29.8 Å². The van der Waals surface area contributed by atoms with Gasteiger partial charge in [0.25, 0.3) is 0 Å². The topological polar surface area (TPSA) is 57.7 Å². The van der Waals surface area contributed by atoms with Gasteiger partial charge in [0.05, 0.1) is 11.3 Å². The van der Waals surface area contributed by atoms with Crippen LogP contribution in [0.25, 0.3) is 0 Å². The van der Waals surface area contributed by atoms with Gasteiger partial charge in [0.2, 0.25) is 0 Å². The van der Waals surface area contributed by atoms with E-state index in [-0.39, 0.29) is 0 Å². The fourth-order valence-electron chi connectivity index (χ4n) is 2.94. The zero-order valence-electron chi connectivity index (χ0n) is 11.8. The molecule has 1 atom stereocenters. The van der Waals surface area contributed by atoms with Gasteiger partial charge in [-0.05, 0) is 31.0 Å². The summed E-state index contributed by atoms with van der Waals surface area (Å²) in [5.74, 6) is 1.39. The molecule has 1 saturated heterocycles. The van der Waals surface area contributed by atoms with Gasteiger partial charge in [-0.15, -0.1) is 10.2 Å². The Balaban J connectivity index is 1.87. The summed E-state index contributed by atoms with van der Waals surface area (Å²) in [7, 11) is 1.98. The van der Waals surface area contributed by atoms with E-state index < -0.39 is 0 Å². The zero-order valence-corrected chi connectivity index (χ0v) is 13.4. The largest absolute Gasteiger partial charge is 0.370 e. The lowest BCUT2D eigenvalue weighted by Gasteiger charge is -2.34. The number of hydrogen-bond donors (Lipinski definition) is 0. The first-order chi connectivity index (χ1) is 10.2. The van der Waals surface area contributed by atoms with E-state index in [1.54, 1.807) is 6.33 Å². The van der Waals surface area contributed by atoms with E-state index >= 15 is 0 Å². The minimum atomic E-state index is 0.362. The number of rotatable bonds is 2. The molecule has 21 heavy (non-hydrogen) atoms. The maximum Gasteiger partial charge on any atom is 0.137 e. The van der Waals surface area contributed by atoms with Gasteiger partial charge in [-0.3, -0.25) is 0 Å². The number of hydrogen-bond acceptors (Lipinski definition) is 4. The van der Waals surface area contributed by atoms with Gasteiger partial charge in [-0.1, -0.05) is 15.9 Å². The highest BCUT2D eigenvalue weighted by molar-refractivity contribution is 9.10. The zero-order chi connectivity index (χ0) is 14.8. The molecule has 0 N–H and O–H groups in total. The molecule has 0 aliphatic carbocycles. The lowest BCUT2D eigenvalue weighted by atomic mass is 9.96. The molecule has 108 valence electrons. The standard InChI is InChI=1S/C15H16BrN5/c1-20-10-18-19-15(20)11-3-2-6-21(9-11)14-5-4-13(16)7-12(14)8-17/h4-5,7,10-11H,2-3,6,9H2,1H3/t11-/m0/s1. The van der Waals surface area contributed by atoms with Crippen LogP contribution in [0.15, 0.2) is 29.0 Å². The van der Waals surface area contributed by atoms with Crippen LogP contribution in [0.4, 0.5) is 5.69 Å². The van der Waals surface area contributed by atoms with Gasteiger partial charge < -0.3 is 9.47 Å². The fourth-order valence-corrected chi connectivity index (χ4v) is 3.30. The molecular formula is C15H16BrN5. The van der Waals surface area contributed by atoms with Crippen LogP contribution < -0.4 is 4.90 Å². The summed E-state index contributed by atoms with van der Waals surface area (Å²) < 4.78 is 2.92.